The molecular formula is C22H27NO3. The van der Waals surface area contributed by atoms with Crippen LogP contribution in [0.4, 0.5) is 5.69 Å². The first-order valence-electron chi connectivity index (χ1n) is 8.77. The number of ether oxygens (including phenoxy) is 1. The number of phenolic OH excluding ortho intramolecular Hbond substituents is 1. The summed E-state index contributed by atoms with van der Waals surface area (Å²) in [6.07, 6.45) is 3.09. The van der Waals surface area contributed by atoms with Crippen LogP contribution in [0.3, 0.4) is 0 Å². The van der Waals surface area contributed by atoms with Crippen LogP contribution in [0.25, 0.3) is 6.08 Å². The predicted molar refractivity (Wildman–Crippen MR) is 107 cm³/mol. The predicted octanol–water partition coefficient (Wildman–Crippen LogP) is 5.13. The fourth-order valence-electron chi connectivity index (χ4n) is 2.87. The van der Waals surface area contributed by atoms with E-state index in [0.29, 0.717) is 22.6 Å². The molecule has 0 aliphatic carbocycles. The Kier molecular flexibility index (Phi) is 6.09. The number of methoxy groups -OCH3 is 1. The number of aromatic hydroxyl groups is 1. The van der Waals surface area contributed by atoms with Crippen molar-refractivity contribution in [2.45, 2.75) is 39.5 Å². The second-order valence-electron chi connectivity index (χ2n) is 6.98. The van der Waals surface area contributed by atoms with Crippen molar-refractivity contribution >= 4 is 17.5 Å². The summed E-state index contributed by atoms with van der Waals surface area (Å²) in [6.45, 7) is 8.20. The first-order valence-corrected chi connectivity index (χ1v) is 8.77. The van der Waals surface area contributed by atoms with Crippen molar-refractivity contribution in [3.63, 3.8) is 0 Å². The third-order valence-corrected chi connectivity index (χ3v) is 4.39. The number of allylic oxidation sites excluding steroid dienone is 1. The number of carbonyl (C=O) groups excluding carboxylic acids is 1. The molecule has 0 atom stereocenters. The molecule has 0 saturated heterocycles. The fourth-order valence-corrected chi connectivity index (χ4v) is 2.87. The maximum atomic E-state index is 12.4. The van der Waals surface area contributed by atoms with Crippen LogP contribution in [0.5, 0.6) is 11.5 Å². The maximum Gasteiger partial charge on any atom is 0.185 e. The second-order valence-corrected chi connectivity index (χ2v) is 6.98. The van der Waals surface area contributed by atoms with Crippen LogP contribution in [0.1, 0.15) is 66.6 Å². The lowest BCUT2D eigenvalue weighted by atomic mass is 9.90. The van der Waals surface area contributed by atoms with E-state index in [2.05, 4.69) is 13.8 Å². The molecular weight excluding hydrogens is 326 g/mol. The first kappa shape index (κ1) is 19.6. The molecule has 2 aromatic carbocycles. The standard InChI is InChI=1S/C22H27NO3/c1-13(2)18-12-19(14(3)4)22(26-5)17(21(18)25)10-11-20(24)15-6-8-16(23)9-7-15/h6-14,25H,23H2,1-5H3. The van der Waals surface area contributed by atoms with Gasteiger partial charge in [-0.2, -0.15) is 0 Å². The van der Waals surface area contributed by atoms with E-state index in [1.807, 2.05) is 19.9 Å². The normalized spacial score (nSPS) is 11.5. The number of phenols is 1. The Hall–Kier alpha value is -2.75. The third kappa shape index (κ3) is 4.07. The van der Waals surface area contributed by atoms with Crippen molar-refractivity contribution < 1.29 is 14.6 Å². The third-order valence-electron chi connectivity index (χ3n) is 4.39. The molecule has 0 aromatic heterocycles. The molecule has 0 saturated carbocycles. The number of ketones is 1. The summed E-state index contributed by atoms with van der Waals surface area (Å²) >= 11 is 0. The average molecular weight is 353 g/mol. The van der Waals surface area contributed by atoms with Crippen LogP contribution < -0.4 is 10.5 Å². The van der Waals surface area contributed by atoms with E-state index < -0.39 is 0 Å². The smallest absolute Gasteiger partial charge is 0.185 e. The molecule has 0 spiro atoms. The van der Waals surface area contributed by atoms with Crippen molar-refractivity contribution in [2.75, 3.05) is 12.8 Å². The van der Waals surface area contributed by atoms with Gasteiger partial charge in [-0.3, -0.25) is 4.79 Å². The number of carbonyl (C=O) groups is 1. The lowest BCUT2D eigenvalue weighted by Crippen LogP contribution is -2.02. The number of rotatable bonds is 6. The Morgan fingerprint density at radius 1 is 1.08 bits per heavy atom. The zero-order chi connectivity index (χ0) is 19.4. The summed E-state index contributed by atoms with van der Waals surface area (Å²) in [5.41, 5.74) is 9.19. The lowest BCUT2D eigenvalue weighted by molar-refractivity contribution is 0.104. The van der Waals surface area contributed by atoms with E-state index >= 15 is 0 Å². The molecule has 2 rings (SSSR count). The van der Waals surface area contributed by atoms with Crippen molar-refractivity contribution in [3.8, 4) is 11.5 Å². The largest absolute Gasteiger partial charge is 0.507 e. The van der Waals surface area contributed by atoms with Gasteiger partial charge in [0.1, 0.15) is 11.5 Å². The molecule has 0 fully saturated rings. The molecule has 0 bridgehead atoms. The Balaban J connectivity index is 2.52. The highest BCUT2D eigenvalue weighted by Crippen LogP contribution is 2.41. The zero-order valence-electron chi connectivity index (χ0n) is 16.0. The molecule has 2 aromatic rings. The minimum absolute atomic E-state index is 0.151. The molecule has 0 unspecified atom stereocenters. The van der Waals surface area contributed by atoms with Gasteiger partial charge in [0.05, 0.1) is 12.7 Å². The molecule has 0 amide bonds. The van der Waals surface area contributed by atoms with Gasteiger partial charge in [-0.15, -0.1) is 0 Å². The Labute approximate surface area is 155 Å². The molecule has 138 valence electrons. The molecule has 0 aliphatic heterocycles. The van der Waals surface area contributed by atoms with Crippen LogP contribution in [-0.2, 0) is 0 Å². The number of nitrogens with two attached hydrogens (primary N) is 1. The van der Waals surface area contributed by atoms with E-state index in [1.54, 1.807) is 37.5 Å². The van der Waals surface area contributed by atoms with E-state index in [1.165, 1.54) is 6.08 Å². The topological polar surface area (TPSA) is 72.5 Å². The van der Waals surface area contributed by atoms with Gasteiger partial charge >= 0.3 is 0 Å². The van der Waals surface area contributed by atoms with Crippen molar-refractivity contribution in [3.05, 3.63) is 58.7 Å². The van der Waals surface area contributed by atoms with E-state index in [4.69, 9.17) is 10.5 Å². The molecule has 0 radical (unpaired) electrons. The molecule has 26 heavy (non-hydrogen) atoms. The summed E-state index contributed by atoms with van der Waals surface area (Å²) in [5.74, 6) is 0.972. The summed E-state index contributed by atoms with van der Waals surface area (Å²) in [4.78, 5) is 12.4. The highest BCUT2D eigenvalue weighted by atomic mass is 16.5. The summed E-state index contributed by atoms with van der Waals surface area (Å²) < 4.78 is 5.57. The number of anilines is 1. The Morgan fingerprint density at radius 3 is 2.15 bits per heavy atom. The molecule has 4 nitrogen and oxygen atoms in total. The van der Waals surface area contributed by atoms with Crippen LogP contribution in [0, 0.1) is 0 Å². The highest BCUT2D eigenvalue weighted by Gasteiger charge is 2.20. The van der Waals surface area contributed by atoms with Gasteiger partial charge in [-0.05, 0) is 65.4 Å². The number of hydrogen-bond acceptors (Lipinski definition) is 4. The molecule has 0 heterocycles. The Morgan fingerprint density at radius 2 is 1.65 bits per heavy atom. The van der Waals surface area contributed by atoms with Gasteiger partial charge in [0.2, 0.25) is 0 Å². The molecule has 0 aliphatic rings. The van der Waals surface area contributed by atoms with Crippen molar-refractivity contribution in [1.29, 1.82) is 0 Å². The van der Waals surface area contributed by atoms with Crippen LogP contribution in [-0.4, -0.2) is 18.0 Å². The van der Waals surface area contributed by atoms with Gasteiger partial charge < -0.3 is 15.6 Å². The maximum absolute atomic E-state index is 12.4. The van der Waals surface area contributed by atoms with E-state index in [0.717, 1.165) is 11.1 Å². The van der Waals surface area contributed by atoms with Crippen LogP contribution in [0.2, 0.25) is 0 Å². The fraction of sp³-hybridized carbons (Fsp3) is 0.318. The van der Waals surface area contributed by atoms with Gasteiger partial charge in [0.15, 0.2) is 5.78 Å². The van der Waals surface area contributed by atoms with Gasteiger partial charge in [-0.25, -0.2) is 0 Å². The van der Waals surface area contributed by atoms with Gasteiger partial charge in [0.25, 0.3) is 0 Å². The summed E-state index contributed by atoms with van der Waals surface area (Å²) in [7, 11) is 1.58. The van der Waals surface area contributed by atoms with Crippen molar-refractivity contribution in [2.24, 2.45) is 0 Å². The molecule has 4 heteroatoms. The SMILES string of the molecule is COc1c(C(C)C)cc(C(C)C)c(O)c1C=CC(=O)c1ccc(N)cc1. The second kappa shape index (κ2) is 8.09. The molecule has 3 N–H and O–H groups in total. The van der Waals surface area contributed by atoms with Crippen molar-refractivity contribution in [1.82, 2.24) is 0 Å². The van der Waals surface area contributed by atoms with E-state index in [-0.39, 0.29) is 23.4 Å². The highest BCUT2D eigenvalue weighted by molar-refractivity contribution is 6.07. The summed E-state index contributed by atoms with van der Waals surface area (Å²) in [6, 6.07) is 8.74. The zero-order valence-corrected chi connectivity index (χ0v) is 16.0. The van der Waals surface area contributed by atoms with Gasteiger partial charge in [0, 0.05) is 11.3 Å². The number of nitrogen functional groups attached to an aromatic ring is 1. The lowest BCUT2D eigenvalue weighted by Gasteiger charge is -2.20. The first-order chi connectivity index (χ1) is 12.3. The van der Waals surface area contributed by atoms with Crippen LogP contribution >= 0.6 is 0 Å². The van der Waals surface area contributed by atoms with E-state index in [9.17, 15) is 9.90 Å². The number of benzene rings is 2. The Bertz CT molecular complexity index is 818. The number of hydrogen-bond donors (Lipinski definition) is 2. The minimum Gasteiger partial charge on any atom is -0.507 e. The minimum atomic E-state index is -0.160. The van der Waals surface area contributed by atoms with Crippen LogP contribution in [0.15, 0.2) is 36.4 Å². The summed E-state index contributed by atoms with van der Waals surface area (Å²) in [5, 5.41) is 10.7. The quantitative estimate of drug-likeness (QED) is 0.429. The average Bonchev–Trinajstić information content (AvgIpc) is 2.59. The monoisotopic (exact) mass is 353 g/mol. The van der Waals surface area contributed by atoms with Gasteiger partial charge in [-0.1, -0.05) is 27.7 Å².